The number of halogens is 1. The molecule has 0 radical (unpaired) electrons. The summed E-state index contributed by atoms with van der Waals surface area (Å²) in [5, 5.41) is 1.71. The van der Waals surface area contributed by atoms with Gasteiger partial charge in [-0.25, -0.2) is 19.7 Å². The minimum absolute atomic E-state index is 0.321. The molecule has 1 saturated heterocycles. The fourth-order valence-electron chi connectivity index (χ4n) is 3.18. The van der Waals surface area contributed by atoms with Crippen LogP contribution in [0.1, 0.15) is 23.1 Å². The first-order chi connectivity index (χ1) is 13.5. The van der Waals surface area contributed by atoms with Crippen LogP contribution < -0.4 is 9.80 Å². The van der Waals surface area contributed by atoms with Gasteiger partial charge in [-0.3, -0.25) is 0 Å². The molecule has 2 aromatic heterocycles. The summed E-state index contributed by atoms with van der Waals surface area (Å²) in [7, 11) is 0. The molecule has 146 valence electrons. The molecule has 0 saturated carbocycles. The highest BCUT2D eigenvalue weighted by molar-refractivity contribution is 7.22. The molecule has 1 fully saturated rings. The Morgan fingerprint density at radius 1 is 1.21 bits per heavy atom. The van der Waals surface area contributed by atoms with Crippen LogP contribution in [0.25, 0.3) is 10.2 Å². The van der Waals surface area contributed by atoms with E-state index in [0.29, 0.717) is 23.8 Å². The molecule has 28 heavy (non-hydrogen) atoms. The Hall–Kier alpha value is -2.45. The fourth-order valence-corrected chi connectivity index (χ4v) is 4.48. The van der Waals surface area contributed by atoms with Crippen LogP contribution in [0.2, 0.25) is 5.02 Å². The van der Waals surface area contributed by atoms with Crippen LogP contribution in [0.5, 0.6) is 0 Å². The van der Waals surface area contributed by atoms with E-state index in [1.165, 1.54) is 0 Å². The molecule has 1 aromatic carbocycles. The van der Waals surface area contributed by atoms with Crippen LogP contribution in [0.3, 0.4) is 0 Å². The first-order valence-electron chi connectivity index (χ1n) is 9.12. The van der Waals surface area contributed by atoms with Gasteiger partial charge in [0.1, 0.15) is 17.2 Å². The third-order valence-electron chi connectivity index (χ3n) is 4.57. The molecule has 0 aliphatic carbocycles. The number of hydrogen-bond acceptors (Lipinski definition) is 8. The van der Waals surface area contributed by atoms with E-state index in [0.717, 1.165) is 46.5 Å². The second kappa shape index (κ2) is 7.89. The maximum absolute atomic E-state index is 12.3. The van der Waals surface area contributed by atoms with Gasteiger partial charge in [-0.2, -0.15) is 0 Å². The maximum Gasteiger partial charge on any atom is 0.343 e. The SMILES string of the molecule is CCOC(=O)c1cnc(C)nc1N1CCN(c2nc3ccc(Cl)cc3s2)CC1. The lowest BCUT2D eigenvalue weighted by molar-refractivity contribution is 0.0526. The van der Waals surface area contributed by atoms with Crippen LogP contribution >= 0.6 is 22.9 Å². The largest absolute Gasteiger partial charge is 0.462 e. The van der Waals surface area contributed by atoms with Gasteiger partial charge in [0.2, 0.25) is 0 Å². The number of esters is 1. The minimum Gasteiger partial charge on any atom is -0.462 e. The van der Waals surface area contributed by atoms with Gasteiger partial charge in [0, 0.05) is 37.4 Å². The topological polar surface area (TPSA) is 71.5 Å². The van der Waals surface area contributed by atoms with Gasteiger partial charge in [0.25, 0.3) is 0 Å². The molecule has 7 nitrogen and oxygen atoms in total. The molecule has 0 spiro atoms. The van der Waals surface area contributed by atoms with Crippen molar-refractivity contribution >= 4 is 50.1 Å². The van der Waals surface area contributed by atoms with Gasteiger partial charge in [-0.1, -0.05) is 22.9 Å². The lowest BCUT2D eigenvalue weighted by Gasteiger charge is -2.35. The van der Waals surface area contributed by atoms with Gasteiger partial charge in [-0.05, 0) is 32.0 Å². The molecule has 0 amide bonds. The number of nitrogens with zero attached hydrogens (tertiary/aromatic N) is 5. The highest BCUT2D eigenvalue weighted by Crippen LogP contribution is 2.31. The zero-order chi connectivity index (χ0) is 19.7. The molecule has 0 bridgehead atoms. The Morgan fingerprint density at radius 3 is 2.71 bits per heavy atom. The Kier molecular flexibility index (Phi) is 5.32. The lowest BCUT2D eigenvalue weighted by Crippen LogP contribution is -2.47. The molecule has 1 aliphatic rings. The Labute approximate surface area is 171 Å². The molecular formula is C19H20ClN5O2S. The number of benzene rings is 1. The second-order valence-corrected chi connectivity index (χ2v) is 7.90. The number of fused-ring (bicyclic) bond motifs is 1. The summed E-state index contributed by atoms with van der Waals surface area (Å²) in [6.07, 6.45) is 1.55. The highest BCUT2D eigenvalue weighted by atomic mass is 35.5. The first-order valence-corrected chi connectivity index (χ1v) is 10.3. The van der Waals surface area contributed by atoms with Crippen molar-refractivity contribution < 1.29 is 9.53 Å². The van der Waals surface area contributed by atoms with Crippen LogP contribution in [0.4, 0.5) is 10.9 Å². The van der Waals surface area contributed by atoms with Gasteiger partial charge in [0.15, 0.2) is 5.13 Å². The van der Waals surface area contributed by atoms with Gasteiger partial charge in [0.05, 0.1) is 16.8 Å². The predicted molar refractivity (Wildman–Crippen MR) is 112 cm³/mol. The van der Waals surface area contributed by atoms with E-state index in [4.69, 9.17) is 21.3 Å². The summed E-state index contributed by atoms with van der Waals surface area (Å²) in [6, 6.07) is 5.76. The smallest absolute Gasteiger partial charge is 0.343 e. The van der Waals surface area contributed by atoms with E-state index < -0.39 is 0 Å². The van der Waals surface area contributed by atoms with E-state index >= 15 is 0 Å². The van der Waals surface area contributed by atoms with Crippen LogP contribution in [-0.4, -0.2) is 53.7 Å². The number of aromatic nitrogens is 3. The maximum atomic E-state index is 12.3. The Bertz CT molecular complexity index is 1020. The summed E-state index contributed by atoms with van der Waals surface area (Å²) >= 11 is 7.73. The monoisotopic (exact) mass is 417 g/mol. The van der Waals surface area contributed by atoms with Crippen molar-refractivity contribution in [2.45, 2.75) is 13.8 Å². The average molecular weight is 418 g/mol. The van der Waals surface area contributed by atoms with Crippen molar-refractivity contribution in [3.8, 4) is 0 Å². The molecule has 4 rings (SSSR count). The highest BCUT2D eigenvalue weighted by Gasteiger charge is 2.25. The summed E-state index contributed by atoms with van der Waals surface area (Å²) < 4.78 is 6.24. The minimum atomic E-state index is -0.386. The quantitative estimate of drug-likeness (QED) is 0.601. The summed E-state index contributed by atoms with van der Waals surface area (Å²) in [4.78, 5) is 30.0. The summed E-state index contributed by atoms with van der Waals surface area (Å²) in [6.45, 7) is 6.98. The van der Waals surface area contributed by atoms with E-state index in [1.54, 1.807) is 24.5 Å². The van der Waals surface area contributed by atoms with Gasteiger partial charge >= 0.3 is 5.97 Å². The first kappa shape index (κ1) is 18.9. The molecule has 1 aliphatic heterocycles. The zero-order valence-electron chi connectivity index (χ0n) is 15.7. The number of carbonyl (C=O) groups excluding carboxylic acids is 1. The third kappa shape index (κ3) is 3.74. The van der Waals surface area contributed by atoms with Crippen molar-refractivity contribution in [3.63, 3.8) is 0 Å². The molecule has 3 aromatic rings. The average Bonchev–Trinajstić information content (AvgIpc) is 3.11. The van der Waals surface area contributed by atoms with Crippen molar-refractivity contribution in [3.05, 3.63) is 40.8 Å². The number of piperazine rings is 1. The zero-order valence-corrected chi connectivity index (χ0v) is 17.3. The van der Waals surface area contributed by atoms with E-state index in [-0.39, 0.29) is 5.97 Å². The van der Waals surface area contributed by atoms with Crippen molar-refractivity contribution in [2.75, 3.05) is 42.6 Å². The molecular weight excluding hydrogens is 398 g/mol. The lowest BCUT2D eigenvalue weighted by atomic mass is 10.2. The predicted octanol–water partition coefficient (Wildman–Crippen LogP) is 3.55. The molecule has 9 heteroatoms. The second-order valence-electron chi connectivity index (χ2n) is 6.46. The number of hydrogen-bond donors (Lipinski definition) is 0. The number of anilines is 2. The van der Waals surface area contributed by atoms with E-state index in [2.05, 4.69) is 19.8 Å². The van der Waals surface area contributed by atoms with E-state index in [9.17, 15) is 4.79 Å². The Morgan fingerprint density at radius 2 is 1.96 bits per heavy atom. The number of aryl methyl sites for hydroxylation is 1. The Balaban J connectivity index is 1.52. The van der Waals surface area contributed by atoms with Gasteiger partial charge in [-0.15, -0.1) is 0 Å². The van der Waals surface area contributed by atoms with Crippen molar-refractivity contribution in [1.29, 1.82) is 0 Å². The summed E-state index contributed by atoms with van der Waals surface area (Å²) in [5.41, 5.74) is 1.37. The van der Waals surface area contributed by atoms with Crippen LogP contribution in [0.15, 0.2) is 24.4 Å². The molecule has 3 heterocycles. The number of thiazole rings is 1. The van der Waals surface area contributed by atoms with Crippen LogP contribution in [-0.2, 0) is 4.74 Å². The number of carbonyl (C=O) groups is 1. The number of rotatable bonds is 4. The number of ether oxygens (including phenoxy) is 1. The molecule has 0 atom stereocenters. The molecule has 0 N–H and O–H groups in total. The van der Waals surface area contributed by atoms with Crippen molar-refractivity contribution in [1.82, 2.24) is 15.0 Å². The third-order valence-corrected chi connectivity index (χ3v) is 5.89. The van der Waals surface area contributed by atoms with E-state index in [1.807, 2.05) is 25.1 Å². The summed E-state index contributed by atoms with van der Waals surface area (Å²) in [5.74, 6) is 0.887. The standard InChI is InChI=1S/C19H20ClN5O2S/c1-3-27-18(26)14-11-21-12(2)22-17(14)24-6-8-25(9-7-24)19-23-15-5-4-13(20)10-16(15)28-19/h4-5,10-11H,3,6-9H2,1-2H3. The molecule has 0 unspecified atom stereocenters. The van der Waals surface area contributed by atoms with Crippen molar-refractivity contribution in [2.24, 2.45) is 0 Å². The fraction of sp³-hybridized carbons (Fsp3) is 0.368. The normalized spacial score (nSPS) is 14.5. The van der Waals surface area contributed by atoms with Crippen LogP contribution in [0, 0.1) is 6.92 Å². The van der Waals surface area contributed by atoms with Gasteiger partial charge < -0.3 is 14.5 Å².